The van der Waals surface area contributed by atoms with E-state index in [-0.39, 0.29) is 17.3 Å². The Morgan fingerprint density at radius 3 is 2.50 bits per heavy atom. The van der Waals surface area contributed by atoms with Crippen molar-refractivity contribution >= 4 is 11.6 Å². The van der Waals surface area contributed by atoms with Crippen molar-refractivity contribution in [3.05, 3.63) is 5.28 Å². The molecule has 0 aliphatic carbocycles. The monoisotopic (exact) mass is 246 g/mol. The number of hydrogen-bond acceptors (Lipinski definition) is 6. The molecule has 1 aromatic heterocycles. The van der Waals surface area contributed by atoms with Crippen LogP contribution in [0.2, 0.25) is 5.28 Å². The minimum absolute atomic E-state index is 0.0251. The minimum Gasteiger partial charge on any atom is -0.467 e. The van der Waals surface area contributed by atoms with E-state index in [4.69, 9.17) is 26.8 Å². The molecule has 2 N–H and O–H groups in total. The van der Waals surface area contributed by atoms with Crippen molar-refractivity contribution in [2.45, 2.75) is 25.8 Å². The van der Waals surface area contributed by atoms with Gasteiger partial charge in [0, 0.05) is 5.54 Å². The predicted octanol–water partition coefficient (Wildman–Crippen LogP) is 1.04. The lowest BCUT2D eigenvalue weighted by atomic mass is 10.0. The summed E-state index contributed by atoms with van der Waals surface area (Å²) >= 11 is 5.66. The fraction of sp³-hybridized carbons (Fsp3) is 0.667. The van der Waals surface area contributed by atoms with Gasteiger partial charge >= 0.3 is 12.0 Å². The number of nitrogens with zero attached hydrogens (tertiary/aromatic N) is 3. The van der Waals surface area contributed by atoms with Crippen molar-refractivity contribution in [3.63, 3.8) is 0 Å². The van der Waals surface area contributed by atoms with Gasteiger partial charge in [-0.3, -0.25) is 0 Å². The molecule has 0 fully saturated rings. The zero-order valence-corrected chi connectivity index (χ0v) is 10.3. The molecule has 0 aliphatic rings. The summed E-state index contributed by atoms with van der Waals surface area (Å²) in [5.41, 5.74) is 5.49. The van der Waals surface area contributed by atoms with Gasteiger partial charge in [0.25, 0.3) is 0 Å². The fourth-order valence-electron chi connectivity index (χ4n) is 0.802. The quantitative estimate of drug-likeness (QED) is 0.836. The zero-order chi connectivity index (χ0) is 12.2. The molecule has 90 valence electrons. The van der Waals surface area contributed by atoms with Gasteiger partial charge in [-0.2, -0.15) is 9.97 Å². The molecule has 1 rings (SSSR count). The van der Waals surface area contributed by atoms with E-state index in [2.05, 4.69) is 15.0 Å². The molecule has 7 heteroatoms. The van der Waals surface area contributed by atoms with E-state index in [9.17, 15) is 0 Å². The molecule has 0 saturated carbocycles. The van der Waals surface area contributed by atoms with Crippen LogP contribution in [0, 0.1) is 0 Å². The van der Waals surface area contributed by atoms with E-state index in [0.29, 0.717) is 6.61 Å². The minimum atomic E-state index is -0.424. The van der Waals surface area contributed by atoms with Crippen LogP contribution in [0.1, 0.15) is 20.3 Å². The van der Waals surface area contributed by atoms with Crippen LogP contribution >= 0.6 is 11.6 Å². The third kappa shape index (κ3) is 3.79. The van der Waals surface area contributed by atoms with Gasteiger partial charge in [0.15, 0.2) is 0 Å². The third-order valence-corrected chi connectivity index (χ3v) is 2.26. The van der Waals surface area contributed by atoms with Crippen molar-refractivity contribution in [2.75, 3.05) is 13.7 Å². The van der Waals surface area contributed by atoms with Gasteiger partial charge < -0.3 is 15.2 Å². The second-order valence-corrected chi connectivity index (χ2v) is 4.01. The molecule has 0 aliphatic heterocycles. The molecule has 1 heterocycles. The second kappa shape index (κ2) is 5.27. The Bertz CT molecular complexity index is 359. The molecule has 6 nitrogen and oxygen atoms in total. The van der Waals surface area contributed by atoms with Crippen molar-refractivity contribution in [2.24, 2.45) is 5.73 Å². The highest BCUT2D eigenvalue weighted by molar-refractivity contribution is 6.28. The Balaban J connectivity index is 2.70. The van der Waals surface area contributed by atoms with E-state index in [1.165, 1.54) is 7.11 Å². The normalized spacial score (nSPS) is 14.3. The highest BCUT2D eigenvalue weighted by Gasteiger charge is 2.18. The van der Waals surface area contributed by atoms with Gasteiger partial charge in [-0.05, 0) is 24.9 Å². The Labute approximate surface area is 99.2 Å². The van der Waals surface area contributed by atoms with Gasteiger partial charge in [0.2, 0.25) is 5.28 Å². The van der Waals surface area contributed by atoms with Crippen molar-refractivity contribution in [1.29, 1.82) is 0 Å². The van der Waals surface area contributed by atoms with E-state index >= 15 is 0 Å². The topological polar surface area (TPSA) is 83.2 Å². The molecule has 1 atom stereocenters. The number of methoxy groups -OCH3 is 1. The largest absolute Gasteiger partial charge is 0.467 e. The van der Waals surface area contributed by atoms with Crippen LogP contribution in [-0.4, -0.2) is 34.2 Å². The highest BCUT2D eigenvalue weighted by atomic mass is 35.5. The first kappa shape index (κ1) is 12.9. The third-order valence-electron chi connectivity index (χ3n) is 2.09. The average molecular weight is 247 g/mol. The number of hydrogen-bond donors (Lipinski definition) is 1. The van der Waals surface area contributed by atoms with Crippen LogP contribution < -0.4 is 15.2 Å². The summed E-state index contributed by atoms with van der Waals surface area (Å²) in [4.78, 5) is 11.4. The average Bonchev–Trinajstić information content (AvgIpc) is 2.26. The maximum Gasteiger partial charge on any atom is 0.323 e. The molecular formula is C9H15ClN4O2. The van der Waals surface area contributed by atoms with Crippen LogP contribution in [0.4, 0.5) is 0 Å². The van der Waals surface area contributed by atoms with Crippen LogP contribution in [0.5, 0.6) is 12.0 Å². The van der Waals surface area contributed by atoms with Gasteiger partial charge in [-0.1, -0.05) is 6.92 Å². The highest BCUT2D eigenvalue weighted by Crippen LogP contribution is 2.14. The number of ether oxygens (including phenoxy) is 2. The van der Waals surface area contributed by atoms with Crippen molar-refractivity contribution in [1.82, 2.24) is 15.0 Å². The first-order valence-electron chi connectivity index (χ1n) is 4.84. The maximum atomic E-state index is 5.91. The summed E-state index contributed by atoms with van der Waals surface area (Å²) in [6, 6.07) is 0.229. The van der Waals surface area contributed by atoms with Crippen LogP contribution in [0.3, 0.4) is 0 Å². The summed E-state index contributed by atoms with van der Waals surface area (Å²) in [5, 5.41) is 0.0251. The molecule has 0 radical (unpaired) electrons. The standard InChI is InChI=1S/C9H15ClN4O2/c1-4-9(2,11)5-16-8-13-6(10)12-7(14-8)15-3/h4-5,11H2,1-3H3. The van der Waals surface area contributed by atoms with E-state index < -0.39 is 5.54 Å². The van der Waals surface area contributed by atoms with E-state index in [0.717, 1.165) is 6.42 Å². The summed E-state index contributed by atoms with van der Waals surface area (Å²) < 4.78 is 10.2. The lowest BCUT2D eigenvalue weighted by molar-refractivity contribution is 0.207. The maximum absolute atomic E-state index is 5.91. The lowest BCUT2D eigenvalue weighted by Gasteiger charge is -2.21. The fourth-order valence-corrected chi connectivity index (χ4v) is 0.947. The Morgan fingerprint density at radius 1 is 1.31 bits per heavy atom. The molecule has 0 saturated heterocycles. The SMILES string of the molecule is CCC(C)(N)COc1nc(Cl)nc(OC)n1. The number of nitrogens with two attached hydrogens (primary N) is 1. The summed E-state index contributed by atoms with van der Waals surface area (Å²) in [6.07, 6.45) is 0.781. The molecule has 0 amide bonds. The van der Waals surface area contributed by atoms with Crippen molar-refractivity contribution in [3.8, 4) is 12.0 Å². The Morgan fingerprint density at radius 2 is 1.94 bits per heavy atom. The molecule has 16 heavy (non-hydrogen) atoms. The Hall–Kier alpha value is -1.14. The first-order valence-corrected chi connectivity index (χ1v) is 5.22. The van der Waals surface area contributed by atoms with Gasteiger partial charge in [0.05, 0.1) is 7.11 Å². The van der Waals surface area contributed by atoms with Gasteiger partial charge in [-0.25, -0.2) is 0 Å². The van der Waals surface area contributed by atoms with Crippen LogP contribution in [-0.2, 0) is 0 Å². The van der Waals surface area contributed by atoms with Gasteiger partial charge in [-0.15, -0.1) is 4.98 Å². The molecule has 0 spiro atoms. The molecule has 0 aromatic carbocycles. The summed E-state index contributed by atoms with van der Waals surface area (Å²) in [5.74, 6) is 0. The number of rotatable bonds is 5. The summed E-state index contributed by atoms with van der Waals surface area (Å²) in [7, 11) is 1.44. The zero-order valence-electron chi connectivity index (χ0n) is 9.53. The number of aromatic nitrogens is 3. The van der Waals surface area contributed by atoms with Crippen LogP contribution in [0.25, 0.3) is 0 Å². The number of halogens is 1. The van der Waals surface area contributed by atoms with E-state index in [1.807, 2.05) is 13.8 Å². The molecule has 0 bridgehead atoms. The van der Waals surface area contributed by atoms with Gasteiger partial charge in [0.1, 0.15) is 6.61 Å². The van der Waals surface area contributed by atoms with Crippen LogP contribution in [0.15, 0.2) is 0 Å². The smallest absolute Gasteiger partial charge is 0.323 e. The first-order chi connectivity index (χ1) is 7.46. The lowest BCUT2D eigenvalue weighted by Crippen LogP contribution is -2.41. The summed E-state index contributed by atoms with van der Waals surface area (Å²) in [6.45, 7) is 4.16. The molecular weight excluding hydrogens is 232 g/mol. The molecule has 1 aromatic rings. The predicted molar refractivity (Wildman–Crippen MR) is 59.8 cm³/mol. The Kier molecular flexibility index (Phi) is 4.26. The van der Waals surface area contributed by atoms with E-state index in [1.54, 1.807) is 0 Å². The van der Waals surface area contributed by atoms with Crippen molar-refractivity contribution < 1.29 is 9.47 Å². The molecule has 1 unspecified atom stereocenters. The second-order valence-electron chi connectivity index (χ2n) is 3.67.